The van der Waals surface area contributed by atoms with Gasteiger partial charge in [0, 0.05) is 16.0 Å². The Kier molecular flexibility index (Phi) is 5.30. The number of hydrogen-bond acceptors (Lipinski definition) is 2. The molecule has 2 rings (SSSR count). The van der Waals surface area contributed by atoms with E-state index < -0.39 is 0 Å². The molecule has 1 unspecified atom stereocenters. The highest BCUT2D eigenvalue weighted by Crippen LogP contribution is 2.31. The molecule has 0 aromatic heterocycles. The number of halogens is 2. The summed E-state index contributed by atoms with van der Waals surface area (Å²) in [7, 11) is 1.67. The van der Waals surface area contributed by atoms with E-state index in [1.807, 2.05) is 36.4 Å². The molecular formula is C16H17Cl2NO. The van der Waals surface area contributed by atoms with Crippen LogP contribution < -0.4 is 10.5 Å². The zero-order valence-corrected chi connectivity index (χ0v) is 12.8. The molecule has 0 heterocycles. The molecule has 0 saturated carbocycles. The Labute approximate surface area is 129 Å². The van der Waals surface area contributed by atoms with Gasteiger partial charge in [-0.1, -0.05) is 47.5 Å². The van der Waals surface area contributed by atoms with E-state index in [0.29, 0.717) is 16.6 Å². The highest BCUT2D eigenvalue weighted by Gasteiger charge is 2.16. The minimum absolute atomic E-state index is 0.157. The largest absolute Gasteiger partial charge is 0.496 e. The first kappa shape index (κ1) is 15.2. The van der Waals surface area contributed by atoms with Crippen molar-refractivity contribution in [3.8, 4) is 5.75 Å². The molecule has 4 heteroatoms. The highest BCUT2D eigenvalue weighted by molar-refractivity contribution is 6.35. The second-order valence-electron chi connectivity index (χ2n) is 4.61. The summed E-state index contributed by atoms with van der Waals surface area (Å²) in [4.78, 5) is 0. The van der Waals surface area contributed by atoms with E-state index in [1.54, 1.807) is 13.2 Å². The third-order valence-corrected chi connectivity index (χ3v) is 3.93. The Balaban J connectivity index is 2.29. The second-order valence-corrected chi connectivity index (χ2v) is 5.46. The van der Waals surface area contributed by atoms with Crippen LogP contribution in [0.2, 0.25) is 10.0 Å². The molecule has 2 aromatic carbocycles. The Morgan fingerprint density at radius 2 is 1.90 bits per heavy atom. The van der Waals surface area contributed by atoms with E-state index in [-0.39, 0.29) is 5.92 Å². The normalized spacial score (nSPS) is 12.2. The van der Waals surface area contributed by atoms with Crippen LogP contribution in [0.5, 0.6) is 5.75 Å². The molecule has 0 aliphatic heterocycles. The number of para-hydroxylation sites is 1. The Morgan fingerprint density at radius 1 is 1.15 bits per heavy atom. The van der Waals surface area contributed by atoms with Crippen LogP contribution in [0.1, 0.15) is 17.0 Å². The van der Waals surface area contributed by atoms with Crippen molar-refractivity contribution in [2.75, 3.05) is 13.7 Å². The second kappa shape index (κ2) is 6.98. The van der Waals surface area contributed by atoms with Crippen LogP contribution in [0.25, 0.3) is 0 Å². The number of methoxy groups -OCH3 is 1. The minimum atomic E-state index is 0.157. The molecule has 0 saturated heterocycles. The van der Waals surface area contributed by atoms with Crippen molar-refractivity contribution >= 4 is 23.2 Å². The van der Waals surface area contributed by atoms with Crippen LogP contribution in [0.3, 0.4) is 0 Å². The van der Waals surface area contributed by atoms with Crippen LogP contribution >= 0.6 is 23.2 Å². The predicted octanol–water partition coefficient (Wildman–Crippen LogP) is 4.29. The maximum atomic E-state index is 6.24. The Hall–Kier alpha value is -1.22. The number of rotatable bonds is 5. The van der Waals surface area contributed by atoms with Crippen LogP contribution in [0.15, 0.2) is 42.5 Å². The third-order valence-electron chi connectivity index (χ3n) is 3.34. The van der Waals surface area contributed by atoms with Gasteiger partial charge in [-0.3, -0.25) is 0 Å². The molecule has 0 bridgehead atoms. The van der Waals surface area contributed by atoms with Crippen molar-refractivity contribution in [3.05, 3.63) is 63.6 Å². The summed E-state index contributed by atoms with van der Waals surface area (Å²) < 4.78 is 5.41. The first-order chi connectivity index (χ1) is 9.65. The van der Waals surface area contributed by atoms with E-state index in [4.69, 9.17) is 33.7 Å². The summed E-state index contributed by atoms with van der Waals surface area (Å²) in [6, 6.07) is 13.5. The van der Waals surface area contributed by atoms with E-state index in [9.17, 15) is 0 Å². The van der Waals surface area contributed by atoms with Crippen LogP contribution in [-0.4, -0.2) is 13.7 Å². The fourth-order valence-electron chi connectivity index (χ4n) is 2.28. The van der Waals surface area contributed by atoms with Gasteiger partial charge in [-0.05, 0) is 42.3 Å². The van der Waals surface area contributed by atoms with Gasteiger partial charge in [-0.15, -0.1) is 0 Å². The van der Waals surface area contributed by atoms with E-state index >= 15 is 0 Å². The average Bonchev–Trinajstić information content (AvgIpc) is 2.46. The number of hydrogen-bond donors (Lipinski definition) is 1. The van der Waals surface area contributed by atoms with Crippen molar-refractivity contribution in [3.63, 3.8) is 0 Å². The number of nitrogens with two attached hydrogens (primary N) is 1. The monoisotopic (exact) mass is 309 g/mol. The Morgan fingerprint density at radius 3 is 2.55 bits per heavy atom. The van der Waals surface area contributed by atoms with E-state index in [2.05, 4.69) is 0 Å². The first-order valence-corrected chi connectivity index (χ1v) is 7.18. The topological polar surface area (TPSA) is 35.2 Å². The van der Waals surface area contributed by atoms with Crippen molar-refractivity contribution in [1.82, 2.24) is 0 Å². The molecule has 0 aliphatic carbocycles. The summed E-state index contributed by atoms with van der Waals surface area (Å²) in [5.74, 6) is 1.01. The molecule has 20 heavy (non-hydrogen) atoms. The van der Waals surface area contributed by atoms with Gasteiger partial charge < -0.3 is 10.5 Å². The van der Waals surface area contributed by atoms with Gasteiger partial charge in [-0.2, -0.15) is 0 Å². The lowest BCUT2D eigenvalue weighted by Gasteiger charge is -2.19. The van der Waals surface area contributed by atoms with Gasteiger partial charge in [0.05, 0.1) is 7.11 Å². The summed E-state index contributed by atoms with van der Waals surface area (Å²) in [5.41, 5.74) is 8.07. The SMILES string of the molecule is COc1ccccc1C(CN)Cc1ccc(Cl)cc1Cl. The molecule has 0 fully saturated rings. The third kappa shape index (κ3) is 3.45. The molecule has 0 amide bonds. The maximum absolute atomic E-state index is 6.24. The standard InChI is InChI=1S/C16H17Cl2NO/c1-20-16-5-3-2-4-14(16)12(10-19)8-11-6-7-13(17)9-15(11)18/h2-7,9,12H,8,10,19H2,1H3. The number of benzene rings is 2. The van der Waals surface area contributed by atoms with Crippen LogP contribution in [0, 0.1) is 0 Å². The lowest BCUT2D eigenvalue weighted by molar-refractivity contribution is 0.405. The summed E-state index contributed by atoms with van der Waals surface area (Å²) in [5, 5.41) is 1.31. The van der Waals surface area contributed by atoms with Crippen LogP contribution in [0.4, 0.5) is 0 Å². The van der Waals surface area contributed by atoms with Gasteiger partial charge in [0.1, 0.15) is 5.75 Å². The lowest BCUT2D eigenvalue weighted by atomic mass is 9.91. The quantitative estimate of drug-likeness (QED) is 0.894. The zero-order valence-electron chi connectivity index (χ0n) is 11.3. The maximum Gasteiger partial charge on any atom is 0.122 e. The smallest absolute Gasteiger partial charge is 0.122 e. The van der Waals surface area contributed by atoms with Gasteiger partial charge in [0.2, 0.25) is 0 Å². The predicted molar refractivity (Wildman–Crippen MR) is 85.0 cm³/mol. The summed E-state index contributed by atoms with van der Waals surface area (Å²) in [6.07, 6.45) is 0.757. The number of ether oxygens (including phenoxy) is 1. The molecular weight excluding hydrogens is 293 g/mol. The molecule has 2 N–H and O–H groups in total. The van der Waals surface area contributed by atoms with Gasteiger partial charge in [0.15, 0.2) is 0 Å². The zero-order chi connectivity index (χ0) is 14.5. The lowest BCUT2D eigenvalue weighted by Crippen LogP contribution is -2.16. The average molecular weight is 310 g/mol. The fraction of sp³-hybridized carbons (Fsp3) is 0.250. The van der Waals surface area contributed by atoms with Crippen molar-refractivity contribution in [2.45, 2.75) is 12.3 Å². The minimum Gasteiger partial charge on any atom is -0.496 e. The molecule has 0 spiro atoms. The van der Waals surface area contributed by atoms with Gasteiger partial charge in [0.25, 0.3) is 0 Å². The van der Waals surface area contributed by atoms with Gasteiger partial charge >= 0.3 is 0 Å². The fourth-order valence-corrected chi connectivity index (χ4v) is 2.76. The van der Waals surface area contributed by atoms with E-state index in [1.165, 1.54) is 0 Å². The van der Waals surface area contributed by atoms with Crippen molar-refractivity contribution in [2.24, 2.45) is 5.73 Å². The van der Waals surface area contributed by atoms with Crippen LogP contribution in [-0.2, 0) is 6.42 Å². The molecule has 1 atom stereocenters. The van der Waals surface area contributed by atoms with Gasteiger partial charge in [-0.25, -0.2) is 0 Å². The summed E-state index contributed by atoms with van der Waals surface area (Å²) in [6.45, 7) is 0.527. The first-order valence-electron chi connectivity index (χ1n) is 6.42. The van der Waals surface area contributed by atoms with Crippen molar-refractivity contribution < 1.29 is 4.74 Å². The summed E-state index contributed by atoms with van der Waals surface area (Å²) >= 11 is 12.2. The Bertz CT molecular complexity index is 586. The molecule has 0 radical (unpaired) electrons. The molecule has 2 nitrogen and oxygen atoms in total. The van der Waals surface area contributed by atoms with E-state index in [0.717, 1.165) is 23.3 Å². The molecule has 106 valence electrons. The molecule has 2 aromatic rings. The highest BCUT2D eigenvalue weighted by atomic mass is 35.5. The van der Waals surface area contributed by atoms with Crippen molar-refractivity contribution in [1.29, 1.82) is 0 Å². The molecule has 0 aliphatic rings.